The number of nitrogens with zero attached hydrogens (tertiary/aromatic N) is 1. The Morgan fingerprint density at radius 1 is 1.43 bits per heavy atom. The first kappa shape index (κ1) is 10.9. The Balaban J connectivity index is 2.50. The maximum atomic E-state index is 11.6. The molecule has 1 rings (SSSR count). The lowest BCUT2D eigenvalue weighted by Gasteiger charge is -2.16. The number of pyridine rings is 1. The highest BCUT2D eigenvalue weighted by molar-refractivity contribution is 5.81. The average molecular weight is 191 g/mol. The van der Waals surface area contributed by atoms with E-state index in [2.05, 4.69) is 25.8 Å². The molecular formula is C12H17NO. The number of hydrogen-bond donors (Lipinski definition) is 0. The summed E-state index contributed by atoms with van der Waals surface area (Å²) in [6.45, 7) is 6.23. The molecule has 0 saturated heterocycles. The summed E-state index contributed by atoms with van der Waals surface area (Å²) in [5.41, 5.74) is 1.08. The van der Waals surface area contributed by atoms with Gasteiger partial charge in [-0.2, -0.15) is 0 Å². The summed E-state index contributed by atoms with van der Waals surface area (Å²) in [7, 11) is 0. The summed E-state index contributed by atoms with van der Waals surface area (Å²) in [6.07, 6.45) is 4.60. The summed E-state index contributed by atoms with van der Waals surface area (Å²) in [6, 6.07) is 3.80. The normalized spacial score (nSPS) is 11.4. The molecule has 0 spiro atoms. The molecule has 1 aromatic heterocycles. The molecule has 0 unspecified atom stereocenters. The van der Waals surface area contributed by atoms with Gasteiger partial charge in [-0.3, -0.25) is 9.78 Å². The van der Waals surface area contributed by atoms with Gasteiger partial charge in [0, 0.05) is 25.2 Å². The molecule has 0 fully saturated rings. The molecule has 14 heavy (non-hydrogen) atoms. The number of hydrogen-bond acceptors (Lipinski definition) is 2. The molecule has 1 heterocycles. The minimum Gasteiger partial charge on any atom is -0.299 e. The summed E-state index contributed by atoms with van der Waals surface area (Å²) in [4.78, 5) is 15.6. The Morgan fingerprint density at radius 3 is 2.64 bits per heavy atom. The van der Waals surface area contributed by atoms with Gasteiger partial charge in [0.25, 0.3) is 0 Å². The molecule has 0 aliphatic rings. The molecule has 0 aromatic carbocycles. The third kappa shape index (κ3) is 4.17. The molecule has 0 saturated carbocycles. The van der Waals surface area contributed by atoms with Crippen LogP contribution >= 0.6 is 0 Å². The first-order valence-corrected chi connectivity index (χ1v) is 4.88. The Kier molecular flexibility index (Phi) is 3.39. The SMILES string of the molecule is CC(C)(C)CC(=O)Cc1cccnc1. The zero-order valence-electron chi connectivity index (χ0n) is 9.08. The summed E-state index contributed by atoms with van der Waals surface area (Å²) in [5.74, 6) is 0.283. The number of rotatable bonds is 3. The quantitative estimate of drug-likeness (QED) is 0.735. The van der Waals surface area contributed by atoms with Crippen molar-refractivity contribution in [3.8, 4) is 0 Å². The lowest BCUT2D eigenvalue weighted by Crippen LogP contribution is -2.14. The zero-order chi connectivity index (χ0) is 10.6. The maximum absolute atomic E-state index is 11.6. The highest BCUT2D eigenvalue weighted by atomic mass is 16.1. The van der Waals surface area contributed by atoms with E-state index in [4.69, 9.17) is 0 Å². The molecule has 1 aromatic rings. The topological polar surface area (TPSA) is 30.0 Å². The lowest BCUT2D eigenvalue weighted by molar-refractivity contribution is -0.120. The van der Waals surface area contributed by atoms with Crippen molar-refractivity contribution in [2.24, 2.45) is 5.41 Å². The Labute approximate surface area is 85.4 Å². The summed E-state index contributed by atoms with van der Waals surface area (Å²) < 4.78 is 0. The fourth-order valence-electron chi connectivity index (χ4n) is 1.38. The molecular weight excluding hydrogens is 174 g/mol. The highest BCUT2D eigenvalue weighted by Crippen LogP contribution is 2.19. The van der Waals surface area contributed by atoms with Crippen LogP contribution in [0.1, 0.15) is 32.8 Å². The number of carbonyl (C=O) groups is 1. The molecule has 76 valence electrons. The van der Waals surface area contributed by atoms with E-state index in [-0.39, 0.29) is 11.2 Å². The fourth-order valence-corrected chi connectivity index (χ4v) is 1.38. The second kappa shape index (κ2) is 4.36. The molecule has 0 amide bonds. The molecule has 0 radical (unpaired) electrons. The lowest BCUT2D eigenvalue weighted by atomic mass is 9.88. The van der Waals surface area contributed by atoms with E-state index in [1.54, 1.807) is 12.4 Å². The monoisotopic (exact) mass is 191 g/mol. The van der Waals surface area contributed by atoms with Gasteiger partial charge in [-0.25, -0.2) is 0 Å². The van der Waals surface area contributed by atoms with Crippen molar-refractivity contribution in [3.05, 3.63) is 30.1 Å². The second-order valence-corrected chi connectivity index (χ2v) is 4.81. The molecule has 2 nitrogen and oxygen atoms in total. The van der Waals surface area contributed by atoms with Gasteiger partial charge in [0.05, 0.1) is 0 Å². The number of ketones is 1. The van der Waals surface area contributed by atoms with Gasteiger partial charge in [-0.05, 0) is 17.0 Å². The fraction of sp³-hybridized carbons (Fsp3) is 0.500. The third-order valence-corrected chi connectivity index (χ3v) is 1.85. The Hall–Kier alpha value is -1.18. The van der Waals surface area contributed by atoms with Crippen LogP contribution in [0.5, 0.6) is 0 Å². The minimum atomic E-state index is 0.0826. The molecule has 0 atom stereocenters. The van der Waals surface area contributed by atoms with Gasteiger partial charge < -0.3 is 0 Å². The van der Waals surface area contributed by atoms with Crippen molar-refractivity contribution in [1.82, 2.24) is 4.98 Å². The minimum absolute atomic E-state index is 0.0826. The summed E-state index contributed by atoms with van der Waals surface area (Å²) in [5, 5.41) is 0. The molecule has 0 aliphatic heterocycles. The van der Waals surface area contributed by atoms with Crippen LogP contribution in [0.3, 0.4) is 0 Å². The van der Waals surface area contributed by atoms with Gasteiger partial charge in [0.15, 0.2) is 0 Å². The summed E-state index contributed by atoms with van der Waals surface area (Å²) >= 11 is 0. The molecule has 0 N–H and O–H groups in total. The number of aromatic nitrogens is 1. The van der Waals surface area contributed by atoms with Crippen LogP contribution in [0.4, 0.5) is 0 Å². The van der Waals surface area contributed by atoms with E-state index in [0.717, 1.165) is 5.56 Å². The van der Waals surface area contributed by atoms with Crippen molar-refractivity contribution >= 4 is 5.78 Å². The van der Waals surface area contributed by atoms with Crippen LogP contribution in [0, 0.1) is 5.41 Å². The number of Topliss-reactive ketones (excluding diaryl/α,β-unsaturated/α-hetero) is 1. The van der Waals surface area contributed by atoms with E-state index in [1.165, 1.54) is 0 Å². The average Bonchev–Trinajstić information content (AvgIpc) is 2.02. The highest BCUT2D eigenvalue weighted by Gasteiger charge is 2.15. The van der Waals surface area contributed by atoms with Crippen LogP contribution in [0.25, 0.3) is 0 Å². The molecule has 2 heteroatoms. The van der Waals surface area contributed by atoms with Crippen molar-refractivity contribution in [2.75, 3.05) is 0 Å². The van der Waals surface area contributed by atoms with Crippen LogP contribution in [0.2, 0.25) is 0 Å². The van der Waals surface area contributed by atoms with Crippen molar-refractivity contribution in [3.63, 3.8) is 0 Å². The second-order valence-electron chi connectivity index (χ2n) is 4.81. The van der Waals surface area contributed by atoms with Gasteiger partial charge in [0.1, 0.15) is 5.78 Å². The van der Waals surface area contributed by atoms with Crippen LogP contribution in [-0.4, -0.2) is 10.8 Å². The first-order valence-electron chi connectivity index (χ1n) is 4.88. The standard InChI is InChI=1S/C12H17NO/c1-12(2,3)8-11(14)7-10-5-4-6-13-9-10/h4-6,9H,7-8H2,1-3H3. The Bertz CT molecular complexity index is 298. The molecule has 0 aliphatic carbocycles. The van der Waals surface area contributed by atoms with Gasteiger partial charge in [0.2, 0.25) is 0 Å². The van der Waals surface area contributed by atoms with E-state index in [9.17, 15) is 4.79 Å². The predicted octanol–water partition coefficient (Wildman–Crippen LogP) is 2.63. The molecule has 0 bridgehead atoms. The largest absolute Gasteiger partial charge is 0.299 e. The van der Waals surface area contributed by atoms with Crippen molar-refractivity contribution < 1.29 is 4.79 Å². The zero-order valence-corrected chi connectivity index (χ0v) is 9.08. The van der Waals surface area contributed by atoms with Gasteiger partial charge >= 0.3 is 0 Å². The van der Waals surface area contributed by atoms with E-state index >= 15 is 0 Å². The van der Waals surface area contributed by atoms with Gasteiger partial charge in [-0.1, -0.05) is 26.8 Å². The van der Waals surface area contributed by atoms with Crippen molar-refractivity contribution in [1.29, 1.82) is 0 Å². The van der Waals surface area contributed by atoms with E-state index < -0.39 is 0 Å². The number of carbonyl (C=O) groups excluding carboxylic acids is 1. The Morgan fingerprint density at radius 2 is 2.14 bits per heavy atom. The smallest absolute Gasteiger partial charge is 0.137 e. The third-order valence-electron chi connectivity index (χ3n) is 1.85. The first-order chi connectivity index (χ1) is 6.47. The van der Waals surface area contributed by atoms with Crippen molar-refractivity contribution in [2.45, 2.75) is 33.6 Å². The van der Waals surface area contributed by atoms with Gasteiger partial charge in [-0.15, -0.1) is 0 Å². The van der Waals surface area contributed by atoms with Crippen LogP contribution < -0.4 is 0 Å². The predicted molar refractivity (Wildman–Crippen MR) is 57.0 cm³/mol. The van der Waals surface area contributed by atoms with E-state index in [0.29, 0.717) is 12.8 Å². The van der Waals surface area contributed by atoms with Crippen LogP contribution in [-0.2, 0) is 11.2 Å². The van der Waals surface area contributed by atoms with Crippen LogP contribution in [0.15, 0.2) is 24.5 Å². The van der Waals surface area contributed by atoms with E-state index in [1.807, 2.05) is 12.1 Å². The maximum Gasteiger partial charge on any atom is 0.137 e.